The van der Waals surface area contributed by atoms with Crippen LogP contribution in [0.15, 0.2) is 22.7 Å². The number of furan rings is 1. The molecule has 3 rings (SSSR count). The van der Waals surface area contributed by atoms with Gasteiger partial charge in [-0.05, 0) is 51.0 Å². The number of aromatic amines is 1. The zero-order chi connectivity index (χ0) is 14.7. The fraction of sp³-hybridized carbons (Fsp3) is 0.562. The van der Waals surface area contributed by atoms with Crippen LogP contribution in [0.25, 0.3) is 11.5 Å². The Morgan fingerprint density at radius 3 is 2.81 bits per heavy atom. The second-order valence-corrected chi connectivity index (χ2v) is 6.91. The van der Waals surface area contributed by atoms with Crippen molar-refractivity contribution in [3.63, 3.8) is 0 Å². The van der Waals surface area contributed by atoms with Crippen LogP contribution in [0.2, 0.25) is 0 Å². The molecule has 5 heteroatoms. The fourth-order valence-corrected chi connectivity index (χ4v) is 3.73. The number of hydrogen-bond donors (Lipinski definition) is 2. The summed E-state index contributed by atoms with van der Waals surface area (Å²) >= 11 is 2.01. The molecule has 1 saturated carbocycles. The Labute approximate surface area is 130 Å². The molecule has 2 aromatic heterocycles. The molecule has 0 saturated heterocycles. The summed E-state index contributed by atoms with van der Waals surface area (Å²) < 4.78 is 5.69. The average Bonchev–Trinajstić information content (AvgIpc) is 3.14. The molecule has 0 atom stereocenters. The van der Waals surface area contributed by atoms with E-state index >= 15 is 0 Å². The minimum absolute atomic E-state index is 0.634. The van der Waals surface area contributed by atoms with Crippen molar-refractivity contribution in [2.75, 3.05) is 6.26 Å². The molecule has 0 unspecified atom stereocenters. The Balaban J connectivity index is 1.58. The summed E-state index contributed by atoms with van der Waals surface area (Å²) in [6.07, 6.45) is 9.33. The summed E-state index contributed by atoms with van der Waals surface area (Å²) in [7, 11) is 0. The molecule has 0 bridgehead atoms. The summed E-state index contributed by atoms with van der Waals surface area (Å²) in [6, 6.07) is 4.61. The van der Waals surface area contributed by atoms with Crippen LogP contribution in [0.5, 0.6) is 0 Å². The van der Waals surface area contributed by atoms with Crippen molar-refractivity contribution in [3.8, 4) is 11.5 Å². The lowest BCUT2D eigenvalue weighted by molar-refractivity contribution is 0.379. The van der Waals surface area contributed by atoms with Crippen molar-refractivity contribution in [1.29, 1.82) is 0 Å². The van der Waals surface area contributed by atoms with E-state index in [0.717, 1.165) is 29.0 Å². The van der Waals surface area contributed by atoms with Crippen LogP contribution in [0.3, 0.4) is 0 Å². The third-order valence-electron chi connectivity index (χ3n) is 4.29. The Kier molecular flexibility index (Phi) is 4.70. The zero-order valence-electron chi connectivity index (χ0n) is 12.7. The predicted octanol–water partition coefficient (Wildman–Crippen LogP) is 3.74. The van der Waals surface area contributed by atoms with Gasteiger partial charge in [-0.3, -0.25) is 5.10 Å². The molecular weight excluding hydrogens is 282 g/mol. The van der Waals surface area contributed by atoms with E-state index in [0.29, 0.717) is 6.04 Å². The highest BCUT2D eigenvalue weighted by molar-refractivity contribution is 7.99. The number of rotatable bonds is 5. The molecule has 1 aliphatic carbocycles. The normalized spacial score (nSPS) is 22.6. The van der Waals surface area contributed by atoms with Gasteiger partial charge in [0, 0.05) is 23.4 Å². The number of thioether (sulfide) groups is 1. The van der Waals surface area contributed by atoms with Gasteiger partial charge in [0.25, 0.3) is 0 Å². The van der Waals surface area contributed by atoms with Crippen LogP contribution in [0, 0.1) is 6.92 Å². The first-order valence-corrected chi connectivity index (χ1v) is 8.90. The molecule has 0 radical (unpaired) electrons. The van der Waals surface area contributed by atoms with Gasteiger partial charge >= 0.3 is 0 Å². The molecule has 0 aromatic carbocycles. The number of nitrogens with one attached hydrogen (secondary N) is 2. The van der Waals surface area contributed by atoms with Crippen LogP contribution >= 0.6 is 11.8 Å². The van der Waals surface area contributed by atoms with Crippen molar-refractivity contribution in [1.82, 2.24) is 15.5 Å². The van der Waals surface area contributed by atoms with E-state index < -0.39 is 0 Å². The zero-order valence-corrected chi connectivity index (χ0v) is 13.5. The van der Waals surface area contributed by atoms with Crippen LogP contribution in [-0.2, 0) is 6.54 Å². The summed E-state index contributed by atoms with van der Waals surface area (Å²) in [5.41, 5.74) is 2.17. The fourth-order valence-electron chi connectivity index (χ4n) is 2.98. The molecule has 1 fully saturated rings. The van der Waals surface area contributed by atoms with E-state index in [1.807, 2.05) is 37.0 Å². The van der Waals surface area contributed by atoms with Crippen LogP contribution in [-0.4, -0.2) is 27.7 Å². The smallest absolute Gasteiger partial charge is 0.152 e. The number of aryl methyl sites for hydroxylation is 1. The maximum atomic E-state index is 5.69. The monoisotopic (exact) mass is 305 g/mol. The molecule has 0 amide bonds. The topological polar surface area (TPSA) is 53.9 Å². The van der Waals surface area contributed by atoms with Gasteiger partial charge in [0.1, 0.15) is 11.5 Å². The van der Waals surface area contributed by atoms with Crippen molar-refractivity contribution in [3.05, 3.63) is 29.7 Å². The number of H-pyrrole nitrogens is 1. The van der Waals surface area contributed by atoms with Gasteiger partial charge in [-0.1, -0.05) is 0 Å². The second kappa shape index (κ2) is 6.71. The highest BCUT2D eigenvalue weighted by atomic mass is 32.2. The maximum Gasteiger partial charge on any atom is 0.152 e. The lowest BCUT2D eigenvalue weighted by atomic mass is 9.95. The second-order valence-electron chi connectivity index (χ2n) is 5.77. The van der Waals surface area contributed by atoms with Crippen LogP contribution < -0.4 is 5.32 Å². The molecule has 2 heterocycles. The van der Waals surface area contributed by atoms with Crippen molar-refractivity contribution in [2.45, 2.75) is 50.4 Å². The average molecular weight is 305 g/mol. The molecular formula is C16H23N3OS. The van der Waals surface area contributed by atoms with E-state index in [-0.39, 0.29) is 0 Å². The molecule has 2 N–H and O–H groups in total. The van der Waals surface area contributed by atoms with Gasteiger partial charge < -0.3 is 9.73 Å². The van der Waals surface area contributed by atoms with E-state index in [1.54, 1.807) is 0 Å². The van der Waals surface area contributed by atoms with Crippen LogP contribution in [0.1, 0.15) is 37.0 Å². The lowest BCUT2D eigenvalue weighted by Gasteiger charge is -2.28. The third-order valence-corrected chi connectivity index (χ3v) is 5.43. The molecule has 2 aromatic rings. The van der Waals surface area contributed by atoms with Gasteiger partial charge in [-0.25, -0.2) is 0 Å². The summed E-state index contributed by atoms with van der Waals surface area (Å²) in [5.74, 6) is 1.79. The third kappa shape index (κ3) is 3.52. The minimum Gasteiger partial charge on any atom is -0.460 e. The Hall–Kier alpha value is -1.20. The van der Waals surface area contributed by atoms with E-state index in [1.165, 1.54) is 31.2 Å². The Morgan fingerprint density at radius 1 is 1.33 bits per heavy atom. The van der Waals surface area contributed by atoms with E-state index in [2.05, 4.69) is 21.8 Å². The number of aromatic nitrogens is 2. The molecule has 0 spiro atoms. The molecule has 0 aliphatic heterocycles. The highest BCUT2D eigenvalue weighted by Crippen LogP contribution is 2.28. The van der Waals surface area contributed by atoms with Gasteiger partial charge in [0.2, 0.25) is 0 Å². The summed E-state index contributed by atoms with van der Waals surface area (Å²) in [4.78, 5) is 0. The number of nitrogens with zero attached hydrogens (tertiary/aromatic N) is 1. The van der Waals surface area contributed by atoms with Crippen molar-refractivity contribution >= 4 is 11.8 Å². The minimum atomic E-state index is 0.634. The SMILES string of the molecule is CSC1CCC(NCc2cn[nH]c2-c2ccc(C)o2)CC1. The van der Waals surface area contributed by atoms with Crippen molar-refractivity contribution in [2.24, 2.45) is 0 Å². The Morgan fingerprint density at radius 2 is 2.14 bits per heavy atom. The summed E-state index contributed by atoms with van der Waals surface area (Å²) in [5, 5.41) is 11.8. The molecule has 4 nitrogen and oxygen atoms in total. The first-order valence-electron chi connectivity index (χ1n) is 7.61. The largest absolute Gasteiger partial charge is 0.460 e. The van der Waals surface area contributed by atoms with Gasteiger partial charge in [-0.2, -0.15) is 16.9 Å². The lowest BCUT2D eigenvalue weighted by Crippen LogP contribution is -2.33. The molecule has 114 valence electrons. The standard InChI is InChI=1S/C16H23N3OS/c1-11-3-8-15(20-11)16-12(10-18-19-16)9-17-13-4-6-14(21-2)7-5-13/h3,8,10,13-14,17H,4-7,9H2,1-2H3,(H,18,19). The summed E-state index contributed by atoms with van der Waals surface area (Å²) in [6.45, 7) is 2.81. The van der Waals surface area contributed by atoms with Gasteiger partial charge in [0.05, 0.1) is 6.20 Å². The maximum absolute atomic E-state index is 5.69. The van der Waals surface area contributed by atoms with Gasteiger partial charge in [-0.15, -0.1) is 0 Å². The van der Waals surface area contributed by atoms with E-state index in [4.69, 9.17) is 4.42 Å². The van der Waals surface area contributed by atoms with E-state index in [9.17, 15) is 0 Å². The highest BCUT2D eigenvalue weighted by Gasteiger charge is 2.20. The first-order chi connectivity index (χ1) is 10.3. The Bertz CT molecular complexity index is 570. The van der Waals surface area contributed by atoms with Crippen LogP contribution in [0.4, 0.5) is 0 Å². The quantitative estimate of drug-likeness (QED) is 0.883. The molecule has 1 aliphatic rings. The predicted molar refractivity (Wildman–Crippen MR) is 87.4 cm³/mol. The number of hydrogen-bond acceptors (Lipinski definition) is 4. The molecule has 21 heavy (non-hydrogen) atoms. The van der Waals surface area contributed by atoms with Crippen molar-refractivity contribution < 1.29 is 4.42 Å². The first kappa shape index (κ1) is 14.7. The van der Waals surface area contributed by atoms with Gasteiger partial charge in [0.15, 0.2) is 5.76 Å².